The molecule has 0 bridgehead atoms. The summed E-state index contributed by atoms with van der Waals surface area (Å²) in [6.45, 7) is 6.68. The SMILES string of the molecule is CCC(C)(C)C(=O)N1CCN(S(=O)(=O)c2cccc([N+](=O)[O-])c2)CC1. The summed E-state index contributed by atoms with van der Waals surface area (Å²) in [5, 5.41) is 10.8. The summed E-state index contributed by atoms with van der Waals surface area (Å²) in [5.41, 5.74) is -0.735. The van der Waals surface area contributed by atoms with Crippen LogP contribution in [0, 0.1) is 15.5 Å². The number of sulfonamides is 1. The maximum absolute atomic E-state index is 12.7. The second-order valence-electron chi connectivity index (χ2n) is 6.69. The molecule has 25 heavy (non-hydrogen) atoms. The molecule has 9 heteroatoms. The third-order valence-corrected chi connectivity index (χ3v) is 6.55. The predicted octanol–water partition coefficient (Wildman–Crippen LogP) is 1.86. The van der Waals surface area contributed by atoms with Gasteiger partial charge in [0.2, 0.25) is 15.9 Å². The number of carbonyl (C=O) groups excluding carboxylic acids is 1. The third kappa shape index (κ3) is 3.98. The second-order valence-corrected chi connectivity index (χ2v) is 8.63. The largest absolute Gasteiger partial charge is 0.340 e. The quantitative estimate of drug-likeness (QED) is 0.582. The van der Waals surface area contributed by atoms with Crippen molar-refractivity contribution < 1.29 is 18.1 Å². The molecule has 1 amide bonds. The van der Waals surface area contributed by atoms with E-state index in [2.05, 4.69) is 0 Å². The molecule has 0 radical (unpaired) electrons. The molecule has 0 saturated carbocycles. The van der Waals surface area contributed by atoms with E-state index in [1.165, 1.54) is 22.5 Å². The van der Waals surface area contributed by atoms with Gasteiger partial charge in [-0.05, 0) is 12.5 Å². The third-order valence-electron chi connectivity index (χ3n) is 4.65. The van der Waals surface area contributed by atoms with Crippen molar-refractivity contribution >= 4 is 21.6 Å². The molecule has 0 unspecified atom stereocenters. The van der Waals surface area contributed by atoms with Crippen LogP contribution in [0.5, 0.6) is 0 Å². The normalized spacial score (nSPS) is 16.7. The van der Waals surface area contributed by atoms with Crippen LogP contribution in [-0.4, -0.2) is 54.6 Å². The first-order valence-electron chi connectivity index (χ1n) is 8.13. The van der Waals surface area contributed by atoms with Crippen molar-refractivity contribution in [2.75, 3.05) is 26.2 Å². The monoisotopic (exact) mass is 369 g/mol. The van der Waals surface area contributed by atoms with Crippen molar-refractivity contribution in [3.63, 3.8) is 0 Å². The van der Waals surface area contributed by atoms with Gasteiger partial charge < -0.3 is 4.90 Å². The van der Waals surface area contributed by atoms with E-state index < -0.39 is 20.4 Å². The number of nitro groups is 1. The average molecular weight is 369 g/mol. The molecular weight excluding hydrogens is 346 g/mol. The molecule has 1 saturated heterocycles. The molecule has 1 aromatic carbocycles. The first kappa shape index (κ1) is 19.3. The lowest BCUT2D eigenvalue weighted by atomic mass is 9.88. The number of benzene rings is 1. The Bertz CT molecular complexity index is 768. The van der Waals surface area contributed by atoms with Crippen molar-refractivity contribution in [3.05, 3.63) is 34.4 Å². The molecule has 1 aromatic rings. The van der Waals surface area contributed by atoms with Gasteiger partial charge in [0.05, 0.1) is 9.82 Å². The highest BCUT2D eigenvalue weighted by atomic mass is 32.2. The fraction of sp³-hybridized carbons (Fsp3) is 0.562. The number of nitrogens with zero attached hydrogens (tertiary/aromatic N) is 3. The molecule has 0 spiro atoms. The lowest BCUT2D eigenvalue weighted by Gasteiger charge is -2.37. The van der Waals surface area contributed by atoms with Crippen molar-refractivity contribution in [3.8, 4) is 0 Å². The van der Waals surface area contributed by atoms with Crippen LogP contribution >= 0.6 is 0 Å². The van der Waals surface area contributed by atoms with E-state index in [4.69, 9.17) is 0 Å². The zero-order valence-corrected chi connectivity index (χ0v) is 15.5. The van der Waals surface area contributed by atoms with E-state index in [1.54, 1.807) is 4.90 Å². The van der Waals surface area contributed by atoms with Crippen LogP contribution in [0.25, 0.3) is 0 Å². The van der Waals surface area contributed by atoms with Gasteiger partial charge in [-0.25, -0.2) is 8.42 Å². The van der Waals surface area contributed by atoms with Crippen molar-refractivity contribution in [2.45, 2.75) is 32.1 Å². The molecule has 0 aromatic heterocycles. The van der Waals surface area contributed by atoms with Gasteiger partial charge in [0.15, 0.2) is 0 Å². The molecule has 0 N–H and O–H groups in total. The number of hydrogen-bond donors (Lipinski definition) is 0. The summed E-state index contributed by atoms with van der Waals surface area (Å²) in [4.78, 5) is 24.3. The maximum Gasteiger partial charge on any atom is 0.270 e. The van der Waals surface area contributed by atoms with Crippen LogP contribution in [0.3, 0.4) is 0 Å². The first-order chi connectivity index (χ1) is 11.6. The Labute approximate surface area is 147 Å². The highest BCUT2D eigenvalue weighted by Gasteiger charge is 2.35. The highest BCUT2D eigenvalue weighted by molar-refractivity contribution is 7.89. The number of hydrogen-bond acceptors (Lipinski definition) is 5. The van der Waals surface area contributed by atoms with Gasteiger partial charge >= 0.3 is 0 Å². The summed E-state index contributed by atoms with van der Waals surface area (Å²) in [5.74, 6) is 0.0161. The van der Waals surface area contributed by atoms with E-state index in [0.717, 1.165) is 6.07 Å². The molecule has 1 fully saturated rings. The van der Waals surface area contributed by atoms with Gasteiger partial charge in [-0.1, -0.05) is 26.8 Å². The van der Waals surface area contributed by atoms with Gasteiger partial charge in [0.25, 0.3) is 5.69 Å². The van der Waals surface area contributed by atoms with Gasteiger partial charge in [-0.3, -0.25) is 14.9 Å². The Morgan fingerprint density at radius 1 is 1.24 bits per heavy atom. The van der Waals surface area contributed by atoms with Crippen LogP contribution in [0.15, 0.2) is 29.2 Å². The minimum absolute atomic E-state index is 0.0161. The number of rotatable bonds is 5. The molecule has 0 atom stereocenters. The van der Waals surface area contributed by atoms with Crippen LogP contribution in [-0.2, 0) is 14.8 Å². The number of non-ortho nitro benzene ring substituents is 1. The second kappa shape index (κ2) is 7.09. The van der Waals surface area contributed by atoms with E-state index in [1.807, 2.05) is 20.8 Å². The summed E-state index contributed by atoms with van der Waals surface area (Å²) in [6, 6.07) is 5.02. The minimum Gasteiger partial charge on any atom is -0.340 e. The molecule has 1 aliphatic rings. The van der Waals surface area contributed by atoms with Crippen LogP contribution in [0.2, 0.25) is 0 Å². The van der Waals surface area contributed by atoms with E-state index in [-0.39, 0.29) is 29.6 Å². The van der Waals surface area contributed by atoms with Crippen molar-refractivity contribution in [1.82, 2.24) is 9.21 Å². The fourth-order valence-electron chi connectivity index (χ4n) is 2.62. The van der Waals surface area contributed by atoms with E-state index >= 15 is 0 Å². The Morgan fingerprint density at radius 3 is 2.36 bits per heavy atom. The maximum atomic E-state index is 12.7. The summed E-state index contributed by atoms with van der Waals surface area (Å²) < 4.78 is 26.7. The Morgan fingerprint density at radius 2 is 1.84 bits per heavy atom. The van der Waals surface area contributed by atoms with Gasteiger partial charge in [0, 0.05) is 43.7 Å². The molecule has 138 valence electrons. The summed E-state index contributed by atoms with van der Waals surface area (Å²) >= 11 is 0. The van der Waals surface area contributed by atoms with Crippen molar-refractivity contribution in [2.24, 2.45) is 5.41 Å². The standard InChI is InChI=1S/C16H23N3O5S/c1-4-16(2,3)15(20)17-8-10-18(11-9-17)25(23,24)14-7-5-6-13(12-14)19(21)22/h5-7,12H,4,8-11H2,1-3H3. The van der Waals surface area contributed by atoms with Crippen LogP contribution in [0.4, 0.5) is 5.69 Å². The van der Waals surface area contributed by atoms with E-state index in [9.17, 15) is 23.3 Å². The van der Waals surface area contributed by atoms with E-state index in [0.29, 0.717) is 19.5 Å². The van der Waals surface area contributed by atoms with Gasteiger partial charge in [-0.15, -0.1) is 0 Å². The molecule has 1 heterocycles. The predicted molar refractivity (Wildman–Crippen MR) is 92.5 cm³/mol. The Kier molecular flexibility index (Phi) is 5.48. The van der Waals surface area contributed by atoms with Gasteiger partial charge in [0.1, 0.15) is 0 Å². The topological polar surface area (TPSA) is 101 Å². The zero-order valence-electron chi connectivity index (χ0n) is 14.6. The molecule has 1 aliphatic heterocycles. The molecular formula is C16H23N3O5S. The lowest BCUT2D eigenvalue weighted by Crippen LogP contribution is -2.53. The first-order valence-corrected chi connectivity index (χ1v) is 9.57. The Hall–Kier alpha value is -2.00. The average Bonchev–Trinajstić information content (AvgIpc) is 2.61. The molecule has 0 aliphatic carbocycles. The summed E-state index contributed by atoms with van der Waals surface area (Å²) in [6.07, 6.45) is 0.706. The smallest absolute Gasteiger partial charge is 0.270 e. The Balaban J connectivity index is 2.13. The number of piperazine rings is 1. The zero-order chi connectivity index (χ0) is 18.8. The number of amides is 1. The van der Waals surface area contributed by atoms with Crippen molar-refractivity contribution in [1.29, 1.82) is 0 Å². The van der Waals surface area contributed by atoms with Crippen LogP contribution < -0.4 is 0 Å². The minimum atomic E-state index is -3.82. The lowest BCUT2D eigenvalue weighted by molar-refractivity contribution is -0.385. The highest BCUT2D eigenvalue weighted by Crippen LogP contribution is 2.26. The fourth-order valence-corrected chi connectivity index (χ4v) is 4.08. The number of nitro benzene ring substituents is 1. The summed E-state index contributed by atoms with van der Waals surface area (Å²) in [7, 11) is -3.82. The molecule has 2 rings (SSSR count). The number of carbonyl (C=O) groups is 1. The molecule has 8 nitrogen and oxygen atoms in total. The van der Waals surface area contributed by atoms with Gasteiger partial charge in [-0.2, -0.15) is 4.31 Å². The van der Waals surface area contributed by atoms with Crippen LogP contribution in [0.1, 0.15) is 27.2 Å².